The first-order chi connectivity index (χ1) is 19.5. The van der Waals surface area contributed by atoms with E-state index in [-0.39, 0.29) is 43.5 Å². The fourth-order valence-electron chi connectivity index (χ4n) is 4.74. The van der Waals surface area contributed by atoms with Crippen molar-refractivity contribution in [2.45, 2.75) is 64.5 Å². The van der Waals surface area contributed by atoms with Crippen LogP contribution in [0.3, 0.4) is 0 Å². The number of aryl methyl sites for hydroxylation is 1. The maximum Gasteiger partial charge on any atom is 0.436 e. The van der Waals surface area contributed by atoms with Crippen LogP contribution >= 0.6 is 22.9 Å². The topological polar surface area (TPSA) is 121 Å². The van der Waals surface area contributed by atoms with E-state index in [9.17, 15) is 35.9 Å². The van der Waals surface area contributed by atoms with Crippen molar-refractivity contribution in [2.24, 2.45) is 5.73 Å². The number of nitrogens with two attached hydrogens (primary N) is 1. The summed E-state index contributed by atoms with van der Waals surface area (Å²) in [5, 5.41) is 9.71. The van der Waals surface area contributed by atoms with Crippen LogP contribution in [0.2, 0.25) is 5.02 Å². The van der Waals surface area contributed by atoms with E-state index in [1.807, 2.05) is 0 Å². The monoisotopic (exact) mass is 633 g/mol. The van der Waals surface area contributed by atoms with Gasteiger partial charge in [-0.05, 0) is 45.2 Å². The van der Waals surface area contributed by atoms with E-state index >= 15 is 0 Å². The van der Waals surface area contributed by atoms with Crippen molar-refractivity contribution in [3.05, 3.63) is 44.9 Å². The molecular weight excluding hydrogens is 612 g/mol. The Balaban J connectivity index is 1.67. The molecule has 42 heavy (non-hydrogen) atoms. The highest BCUT2D eigenvalue weighted by Gasteiger charge is 2.43. The molecule has 0 saturated heterocycles. The Morgan fingerprint density at radius 3 is 2.38 bits per heavy atom. The van der Waals surface area contributed by atoms with E-state index in [1.54, 1.807) is 18.5 Å². The minimum atomic E-state index is -4.87. The SMILES string of the molecule is CCn1ncc(-c2cc(C(F)(F)F)nc3sc(C(N)=O)c(NC(=O)C(C)n4nc(C(F)(F)F)c(Cl)c4C4CC4)c23)c1C. The van der Waals surface area contributed by atoms with Crippen molar-refractivity contribution in [3.63, 3.8) is 0 Å². The number of aromatic nitrogens is 5. The molecule has 0 aromatic carbocycles. The number of alkyl halides is 6. The molecule has 17 heteroatoms. The first-order valence-electron chi connectivity index (χ1n) is 12.6. The van der Waals surface area contributed by atoms with Crippen LogP contribution in [0, 0.1) is 6.92 Å². The minimum Gasteiger partial charge on any atom is -0.365 e. The van der Waals surface area contributed by atoms with Gasteiger partial charge in [0.15, 0.2) is 5.69 Å². The van der Waals surface area contributed by atoms with Crippen LogP contribution in [0.1, 0.15) is 71.1 Å². The summed E-state index contributed by atoms with van der Waals surface area (Å²) in [6.45, 7) is 5.14. The van der Waals surface area contributed by atoms with Crippen molar-refractivity contribution in [1.82, 2.24) is 24.5 Å². The molecule has 0 aliphatic heterocycles. The number of halogens is 7. The zero-order valence-electron chi connectivity index (χ0n) is 22.1. The molecule has 1 aliphatic rings. The number of pyridine rings is 1. The number of nitrogens with zero attached hydrogens (tertiary/aromatic N) is 5. The van der Waals surface area contributed by atoms with Gasteiger partial charge in [-0.25, -0.2) is 4.98 Å². The van der Waals surface area contributed by atoms with E-state index < -0.39 is 46.6 Å². The third kappa shape index (κ3) is 5.10. The third-order valence-electron chi connectivity index (χ3n) is 6.98. The number of hydrogen-bond donors (Lipinski definition) is 2. The fourth-order valence-corrected chi connectivity index (χ4v) is 6.14. The van der Waals surface area contributed by atoms with Gasteiger partial charge in [0.25, 0.3) is 5.91 Å². The van der Waals surface area contributed by atoms with Gasteiger partial charge in [-0.1, -0.05) is 11.6 Å². The second kappa shape index (κ2) is 10.3. The first kappa shape index (κ1) is 29.8. The Hall–Kier alpha value is -3.66. The molecule has 0 radical (unpaired) electrons. The van der Waals surface area contributed by atoms with E-state index in [0.29, 0.717) is 36.4 Å². The molecule has 1 unspecified atom stereocenters. The van der Waals surface area contributed by atoms with Gasteiger partial charge in [0.05, 0.1) is 22.6 Å². The second-order valence-electron chi connectivity index (χ2n) is 9.79. The quantitative estimate of drug-likeness (QED) is 0.224. The maximum absolute atomic E-state index is 13.8. The predicted octanol–water partition coefficient (Wildman–Crippen LogP) is 6.55. The number of nitrogens with one attached hydrogen (secondary N) is 1. The van der Waals surface area contributed by atoms with Gasteiger partial charge >= 0.3 is 12.4 Å². The number of carbonyl (C=O) groups excluding carboxylic acids is 2. The van der Waals surface area contributed by atoms with Crippen LogP contribution < -0.4 is 11.1 Å². The number of primary amides is 1. The average Bonchev–Trinajstić information content (AvgIpc) is 3.41. The van der Waals surface area contributed by atoms with Crippen LogP contribution in [-0.2, 0) is 23.7 Å². The summed E-state index contributed by atoms with van der Waals surface area (Å²) < 4.78 is 84.7. The lowest BCUT2D eigenvalue weighted by atomic mass is 10.0. The Morgan fingerprint density at radius 2 is 1.86 bits per heavy atom. The van der Waals surface area contributed by atoms with E-state index in [0.717, 1.165) is 10.7 Å². The lowest BCUT2D eigenvalue weighted by molar-refractivity contribution is -0.142. The summed E-state index contributed by atoms with van der Waals surface area (Å²) in [5.74, 6) is -2.28. The molecule has 2 amide bonds. The highest BCUT2D eigenvalue weighted by atomic mass is 35.5. The molecular formula is C25H22ClF6N7O2S. The molecule has 1 atom stereocenters. The number of amides is 2. The van der Waals surface area contributed by atoms with Gasteiger partial charge < -0.3 is 11.1 Å². The summed E-state index contributed by atoms with van der Waals surface area (Å²) in [6, 6.07) is -0.572. The lowest BCUT2D eigenvalue weighted by Crippen LogP contribution is -2.27. The molecule has 0 bridgehead atoms. The second-order valence-corrected chi connectivity index (χ2v) is 11.2. The van der Waals surface area contributed by atoms with E-state index in [2.05, 4.69) is 20.5 Å². The summed E-state index contributed by atoms with van der Waals surface area (Å²) >= 11 is 6.60. The van der Waals surface area contributed by atoms with Gasteiger partial charge in [0.2, 0.25) is 5.91 Å². The number of thiophene rings is 1. The van der Waals surface area contributed by atoms with Gasteiger partial charge in [-0.15, -0.1) is 11.3 Å². The molecule has 4 heterocycles. The molecule has 5 rings (SSSR count). The standard InChI is InChI=1S/C25H22ClF6N7O2S/c1-4-38-9(2)13(8-34-38)12-7-14(24(27,28)29)35-23-15(12)17(19(42-23)21(33)40)36-22(41)10(3)39-18(11-5-6-11)16(26)20(37-39)25(30,31)32/h7-8,10-11H,4-6H2,1-3H3,(H2,33,40)(H,36,41). The normalized spacial score (nSPS) is 14.9. The molecule has 1 aliphatic carbocycles. The van der Waals surface area contributed by atoms with E-state index in [4.69, 9.17) is 17.3 Å². The summed E-state index contributed by atoms with van der Waals surface area (Å²) in [5.41, 5.74) is 3.59. The number of carbonyl (C=O) groups is 2. The number of fused-ring (bicyclic) bond motifs is 1. The van der Waals surface area contributed by atoms with Crippen LogP contribution in [0.4, 0.5) is 32.0 Å². The zero-order chi connectivity index (χ0) is 30.9. The molecule has 1 fully saturated rings. The third-order valence-corrected chi connectivity index (χ3v) is 8.45. The van der Waals surface area contributed by atoms with E-state index in [1.165, 1.54) is 13.1 Å². The number of hydrogen-bond acceptors (Lipinski definition) is 6. The predicted molar refractivity (Wildman–Crippen MR) is 142 cm³/mol. The van der Waals surface area contributed by atoms with Crippen LogP contribution in [-0.4, -0.2) is 36.4 Å². The fraction of sp³-hybridized carbons (Fsp3) is 0.400. The molecule has 4 aromatic heterocycles. The summed E-state index contributed by atoms with van der Waals surface area (Å²) in [4.78, 5) is 29.1. The Morgan fingerprint density at radius 1 is 1.19 bits per heavy atom. The maximum atomic E-state index is 13.8. The molecule has 0 spiro atoms. The van der Waals surface area contributed by atoms with Crippen molar-refractivity contribution >= 4 is 50.7 Å². The van der Waals surface area contributed by atoms with Crippen LogP contribution in [0.5, 0.6) is 0 Å². The zero-order valence-corrected chi connectivity index (χ0v) is 23.7. The molecule has 1 saturated carbocycles. The van der Waals surface area contributed by atoms with Gasteiger partial charge in [0, 0.05) is 29.1 Å². The van der Waals surface area contributed by atoms with Gasteiger partial charge in [0.1, 0.15) is 21.4 Å². The van der Waals surface area contributed by atoms with Crippen molar-refractivity contribution in [1.29, 1.82) is 0 Å². The largest absolute Gasteiger partial charge is 0.436 e. The Bertz CT molecular complexity index is 1740. The summed E-state index contributed by atoms with van der Waals surface area (Å²) in [6.07, 6.45) is -7.25. The first-order valence-corrected chi connectivity index (χ1v) is 13.8. The molecule has 224 valence electrons. The number of rotatable bonds is 7. The Kier molecular flexibility index (Phi) is 7.28. The Labute approximate surface area is 242 Å². The van der Waals surface area contributed by atoms with Crippen LogP contribution in [0.15, 0.2) is 12.3 Å². The average molecular weight is 634 g/mol. The van der Waals surface area contributed by atoms with Gasteiger partial charge in [-0.3, -0.25) is 19.0 Å². The smallest absolute Gasteiger partial charge is 0.365 e. The van der Waals surface area contributed by atoms with Crippen molar-refractivity contribution in [3.8, 4) is 11.1 Å². The lowest BCUT2D eigenvalue weighted by Gasteiger charge is -2.17. The number of anilines is 1. The molecule has 3 N–H and O–H groups in total. The highest BCUT2D eigenvalue weighted by Crippen LogP contribution is 2.48. The minimum absolute atomic E-state index is 0.00185. The molecule has 9 nitrogen and oxygen atoms in total. The van der Waals surface area contributed by atoms with Gasteiger partial charge in [-0.2, -0.15) is 36.5 Å². The van der Waals surface area contributed by atoms with Crippen molar-refractivity contribution < 1.29 is 35.9 Å². The molecule has 4 aromatic rings. The van der Waals surface area contributed by atoms with Crippen molar-refractivity contribution in [2.75, 3.05) is 5.32 Å². The highest BCUT2D eigenvalue weighted by molar-refractivity contribution is 7.21. The summed E-state index contributed by atoms with van der Waals surface area (Å²) in [7, 11) is 0. The van der Waals surface area contributed by atoms with Crippen LogP contribution in [0.25, 0.3) is 21.3 Å².